The zero-order valence-corrected chi connectivity index (χ0v) is 31.1. The molecule has 3 fully saturated rings. The van der Waals surface area contributed by atoms with E-state index in [1.54, 1.807) is 25.9 Å². The first kappa shape index (κ1) is 38.5. The molecule has 52 heavy (non-hydrogen) atoms. The summed E-state index contributed by atoms with van der Waals surface area (Å²) in [6.07, 6.45) is 3.78. The largest absolute Gasteiger partial charge is 0.342 e. The molecule has 0 radical (unpaired) electrons. The number of carbonyl (C=O) groups is 6. The van der Waals surface area contributed by atoms with Crippen molar-refractivity contribution in [2.75, 3.05) is 27.2 Å². The van der Waals surface area contributed by atoms with Crippen molar-refractivity contribution in [3.05, 3.63) is 71.8 Å². The number of piperidine rings is 1. The maximum absolute atomic E-state index is 14.5. The molecule has 5 rings (SSSR count). The molecule has 3 heterocycles. The fourth-order valence-corrected chi connectivity index (χ4v) is 7.66. The molecule has 0 spiro atoms. The SMILES string of the molecule is CC[C@H](C)[C@@H]1NC(=O)[C@@H](Cc2ccccc2)NC(=O)[C@@H]2CCCN2C(=O)[C@H](Cc2ccccc2)N(C)C(=O)[C@H](C)N(C)C(=O)[C@H]2CCCCN2C1=O. The molecular weight excluding hydrogens is 660 g/mol. The number of hydrogen-bond donors (Lipinski definition) is 2. The fraction of sp³-hybridized carbons (Fsp3) is 0.550. The summed E-state index contributed by atoms with van der Waals surface area (Å²) in [5.74, 6) is -2.76. The van der Waals surface area contributed by atoms with Crippen LogP contribution in [0.3, 0.4) is 0 Å². The number of nitrogens with one attached hydrogen (secondary N) is 2. The van der Waals surface area contributed by atoms with Gasteiger partial charge in [0.25, 0.3) is 0 Å². The molecule has 0 aliphatic carbocycles. The highest BCUT2D eigenvalue weighted by atomic mass is 16.2. The van der Waals surface area contributed by atoms with E-state index in [9.17, 15) is 28.8 Å². The summed E-state index contributed by atoms with van der Waals surface area (Å²) >= 11 is 0. The third-order valence-electron chi connectivity index (χ3n) is 11.3. The lowest BCUT2D eigenvalue weighted by Gasteiger charge is -2.41. The first-order valence-corrected chi connectivity index (χ1v) is 18.8. The lowest BCUT2D eigenvalue weighted by Crippen LogP contribution is -2.63. The van der Waals surface area contributed by atoms with Crippen LogP contribution in [0.4, 0.5) is 0 Å². The van der Waals surface area contributed by atoms with Gasteiger partial charge in [0, 0.05) is 40.0 Å². The molecule has 0 bridgehead atoms. The van der Waals surface area contributed by atoms with Crippen molar-refractivity contribution in [1.82, 2.24) is 30.2 Å². The van der Waals surface area contributed by atoms with Crippen molar-refractivity contribution in [3.63, 3.8) is 0 Å². The Balaban J connectivity index is 1.58. The van der Waals surface area contributed by atoms with Crippen molar-refractivity contribution in [2.24, 2.45) is 5.92 Å². The van der Waals surface area contributed by atoms with Gasteiger partial charge >= 0.3 is 0 Å². The van der Waals surface area contributed by atoms with Crippen LogP contribution in [0, 0.1) is 5.92 Å². The zero-order valence-electron chi connectivity index (χ0n) is 31.1. The lowest BCUT2D eigenvalue weighted by atomic mass is 9.93. The van der Waals surface area contributed by atoms with E-state index in [1.807, 2.05) is 74.5 Å². The summed E-state index contributed by atoms with van der Waals surface area (Å²) in [6.45, 7) is 6.11. The number of likely N-dealkylation sites (N-methyl/N-ethyl adjacent to an activating group) is 2. The Hall–Kier alpha value is -4.74. The van der Waals surface area contributed by atoms with Gasteiger partial charge in [0.2, 0.25) is 35.4 Å². The predicted molar refractivity (Wildman–Crippen MR) is 196 cm³/mol. The summed E-state index contributed by atoms with van der Waals surface area (Å²) in [4.78, 5) is 91.7. The van der Waals surface area contributed by atoms with Crippen LogP contribution >= 0.6 is 0 Å². The summed E-state index contributed by atoms with van der Waals surface area (Å²) in [6, 6.07) is 13.1. The molecule has 3 aliphatic rings. The third-order valence-corrected chi connectivity index (χ3v) is 11.3. The van der Waals surface area contributed by atoms with E-state index in [0.717, 1.165) is 17.5 Å². The summed E-state index contributed by atoms with van der Waals surface area (Å²) in [7, 11) is 3.13. The number of amides is 6. The molecule has 2 aromatic carbocycles. The van der Waals surface area contributed by atoms with Crippen LogP contribution in [0.1, 0.15) is 70.4 Å². The quantitative estimate of drug-likeness (QED) is 0.472. The van der Waals surface area contributed by atoms with Gasteiger partial charge in [-0.1, -0.05) is 80.9 Å². The van der Waals surface area contributed by atoms with E-state index < -0.39 is 54.0 Å². The van der Waals surface area contributed by atoms with Gasteiger partial charge < -0.3 is 30.2 Å². The van der Waals surface area contributed by atoms with E-state index in [1.165, 1.54) is 14.7 Å². The highest BCUT2D eigenvalue weighted by molar-refractivity contribution is 5.98. The average Bonchev–Trinajstić information content (AvgIpc) is 3.67. The number of hydrogen-bond acceptors (Lipinski definition) is 6. The van der Waals surface area contributed by atoms with Crippen LogP contribution in [0.15, 0.2) is 60.7 Å². The van der Waals surface area contributed by atoms with Crippen LogP contribution in [-0.2, 0) is 41.6 Å². The smallest absolute Gasteiger partial charge is 0.246 e. The number of nitrogens with zero attached hydrogens (tertiary/aromatic N) is 4. The number of benzene rings is 2. The van der Waals surface area contributed by atoms with Gasteiger partial charge in [-0.3, -0.25) is 28.8 Å². The second-order valence-corrected chi connectivity index (χ2v) is 14.6. The Morgan fingerprint density at radius 3 is 1.87 bits per heavy atom. The zero-order chi connectivity index (χ0) is 37.5. The molecule has 3 saturated heterocycles. The lowest BCUT2D eigenvalue weighted by molar-refractivity contribution is -0.155. The molecule has 2 N–H and O–H groups in total. The summed E-state index contributed by atoms with van der Waals surface area (Å²) < 4.78 is 0. The van der Waals surface area contributed by atoms with E-state index in [0.29, 0.717) is 45.2 Å². The van der Waals surface area contributed by atoms with Gasteiger partial charge in [0.1, 0.15) is 36.3 Å². The Kier molecular flexibility index (Phi) is 12.7. The molecule has 280 valence electrons. The molecule has 6 amide bonds. The summed E-state index contributed by atoms with van der Waals surface area (Å²) in [5, 5.41) is 5.94. The normalized spacial score (nSPS) is 27.7. The van der Waals surface area contributed by atoms with Gasteiger partial charge in [0.15, 0.2) is 0 Å². The van der Waals surface area contributed by atoms with Gasteiger partial charge in [-0.25, -0.2) is 0 Å². The Morgan fingerprint density at radius 2 is 1.23 bits per heavy atom. The van der Waals surface area contributed by atoms with Crippen molar-refractivity contribution in [2.45, 2.75) is 108 Å². The molecule has 0 saturated carbocycles. The van der Waals surface area contributed by atoms with E-state index in [2.05, 4.69) is 10.6 Å². The second-order valence-electron chi connectivity index (χ2n) is 14.6. The van der Waals surface area contributed by atoms with E-state index in [4.69, 9.17) is 0 Å². The molecule has 12 heteroatoms. The van der Waals surface area contributed by atoms with Gasteiger partial charge in [-0.05, 0) is 56.1 Å². The summed E-state index contributed by atoms with van der Waals surface area (Å²) in [5.41, 5.74) is 1.66. The van der Waals surface area contributed by atoms with E-state index >= 15 is 0 Å². The minimum Gasteiger partial charge on any atom is -0.342 e. The Labute approximate surface area is 307 Å². The highest BCUT2D eigenvalue weighted by Gasteiger charge is 2.44. The second kappa shape index (κ2) is 17.2. The fourth-order valence-electron chi connectivity index (χ4n) is 7.66. The van der Waals surface area contributed by atoms with Crippen molar-refractivity contribution >= 4 is 35.4 Å². The van der Waals surface area contributed by atoms with Crippen molar-refractivity contribution in [1.29, 1.82) is 0 Å². The topological polar surface area (TPSA) is 139 Å². The Morgan fingerprint density at radius 1 is 0.654 bits per heavy atom. The van der Waals surface area contributed by atoms with Crippen LogP contribution < -0.4 is 10.6 Å². The number of rotatable bonds is 6. The maximum atomic E-state index is 14.5. The van der Waals surface area contributed by atoms with Crippen LogP contribution in [0.5, 0.6) is 0 Å². The first-order valence-electron chi connectivity index (χ1n) is 18.8. The average molecular weight is 715 g/mol. The minimum atomic E-state index is -1.04. The molecule has 2 aromatic rings. The molecule has 0 aromatic heterocycles. The molecular formula is C40H54N6O6. The molecule has 0 unspecified atom stereocenters. The minimum absolute atomic E-state index is 0.169. The van der Waals surface area contributed by atoms with Crippen LogP contribution in [0.25, 0.3) is 0 Å². The van der Waals surface area contributed by atoms with Crippen molar-refractivity contribution in [3.8, 4) is 0 Å². The van der Waals surface area contributed by atoms with Crippen molar-refractivity contribution < 1.29 is 28.8 Å². The van der Waals surface area contributed by atoms with Gasteiger partial charge in [-0.15, -0.1) is 0 Å². The standard InChI is InChI=1S/C40H54N6O6/c1-6-26(2)34-40(52)46-22-14-13-20-32(46)38(50)43(4)27(3)37(49)44(5)33(25-29-18-11-8-12-19-29)39(51)45-23-15-21-31(45)36(48)41-30(35(47)42-34)24-28-16-9-7-10-17-28/h7-12,16-19,26-27,30-34H,6,13-15,20-25H2,1-5H3,(H,41,48)(H,42,47)/t26-,27-,30+,31-,32+,33-,34-/m0/s1. The monoisotopic (exact) mass is 714 g/mol. The van der Waals surface area contributed by atoms with Gasteiger partial charge in [0.05, 0.1) is 0 Å². The maximum Gasteiger partial charge on any atom is 0.246 e. The van der Waals surface area contributed by atoms with Gasteiger partial charge in [-0.2, -0.15) is 0 Å². The van der Waals surface area contributed by atoms with E-state index in [-0.39, 0.29) is 36.5 Å². The number of fused-ring (bicyclic) bond motifs is 2. The molecule has 7 atom stereocenters. The van der Waals surface area contributed by atoms with Crippen LogP contribution in [-0.4, -0.2) is 118 Å². The molecule has 3 aliphatic heterocycles. The molecule has 12 nitrogen and oxygen atoms in total. The van der Waals surface area contributed by atoms with Crippen LogP contribution in [0.2, 0.25) is 0 Å². The third kappa shape index (κ3) is 8.48. The number of carbonyl (C=O) groups excluding carboxylic acids is 6. The Bertz CT molecular complexity index is 1600. The predicted octanol–water partition coefficient (Wildman–Crippen LogP) is 2.55. The first-order chi connectivity index (χ1) is 24.9. The highest BCUT2D eigenvalue weighted by Crippen LogP contribution is 2.26.